The summed E-state index contributed by atoms with van der Waals surface area (Å²) in [6, 6.07) is 7.69. The molecule has 1 aromatic carbocycles. The van der Waals surface area contributed by atoms with Crippen LogP contribution in [0.2, 0.25) is 0 Å². The Morgan fingerprint density at radius 2 is 1.95 bits per heavy atom. The van der Waals surface area contributed by atoms with E-state index in [0.29, 0.717) is 6.61 Å². The van der Waals surface area contributed by atoms with E-state index < -0.39 is 11.9 Å². The van der Waals surface area contributed by atoms with Gasteiger partial charge in [-0.1, -0.05) is 24.3 Å². The van der Waals surface area contributed by atoms with Crippen molar-refractivity contribution >= 4 is 5.97 Å². The van der Waals surface area contributed by atoms with Gasteiger partial charge < -0.3 is 20.1 Å². The van der Waals surface area contributed by atoms with Gasteiger partial charge in [0.25, 0.3) is 0 Å². The fourth-order valence-corrected chi connectivity index (χ4v) is 1.79. The van der Waals surface area contributed by atoms with E-state index in [1.807, 2.05) is 38.4 Å². The number of ether oxygens (including phenoxy) is 1. The number of hydrogen-bond donors (Lipinski definition) is 2. The second-order valence-electron chi connectivity index (χ2n) is 5.39. The molecule has 0 spiro atoms. The molecule has 0 saturated heterocycles. The first-order valence-electron chi connectivity index (χ1n) is 7.25. The van der Waals surface area contributed by atoms with Crippen molar-refractivity contribution in [2.45, 2.75) is 19.4 Å². The fourth-order valence-electron chi connectivity index (χ4n) is 1.79. The summed E-state index contributed by atoms with van der Waals surface area (Å²) in [7, 11) is 4.05. The number of aliphatic carboxylic acids is 1. The minimum Gasteiger partial charge on any atom is -0.481 e. The normalized spacial score (nSPS) is 12.6. The zero-order valence-corrected chi connectivity index (χ0v) is 13.1. The summed E-state index contributed by atoms with van der Waals surface area (Å²) in [6.45, 7) is 5.64. The van der Waals surface area contributed by atoms with Gasteiger partial charge in [-0.25, -0.2) is 0 Å². The zero-order chi connectivity index (χ0) is 15.7. The summed E-state index contributed by atoms with van der Waals surface area (Å²) in [4.78, 5) is 13.0. The lowest BCUT2D eigenvalue weighted by Gasteiger charge is -2.11. The van der Waals surface area contributed by atoms with Crippen LogP contribution in [0.3, 0.4) is 0 Å². The summed E-state index contributed by atoms with van der Waals surface area (Å²) in [6.07, 6.45) is 0. The molecule has 0 radical (unpaired) electrons. The molecule has 1 atom stereocenters. The van der Waals surface area contributed by atoms with Crippen molar-refractivity contribution in [1.29, 1.82) is 0 Å². The van der Waals surface area contributed by atoms with Crippen molar-refractivity contribution < 1.29 is 14.6 Å². The van der Waals surface area contributed by atoms with Gasteiger partial charge in [-0.05, 0) is 32.1 Å². The Morgan fingerprint density at radius 3 is 2.52 bits per heavy atom. The summed E-state index contributed by atoms with van der Waals surface area (Å²) < 4.78 is 5.49. The predicted octanol–water partition coefficient (Wildman–Crippen LogP) is 1.54. The standard InChI is InChI=1S/C16H26N2O3/c1-13(16(19)20)15-6-4-14(5-7-15)12-17-8-10-21-11-9-18(2)3/h4-7,13,17H,8-12H2,1-3H3,(H,19,20). The van der Waals surface area contributed by atoms with Crippen molar-refractivity contribution in [3.63, 3.8) is 0 Å². The molecule has 0 aliphatic carbocycles. The van der Waals surface area contributed by atoms with Crippen LogP contribution < -0.4 is 5.32 Å². The van der Waals surface area contributed by atoms with E-state index in [-0.39, 0.29) is 0 Å². The number of carboxylic acids is 1. The van der Waals surface area contributed by atoms with Crippen molar-refractivity contribution in [1.82, 2.24) is 10.2 Å². The SMILES string of the molecule is CC(C(=O)O)c1ccc(CNCCOCCN(C)C)cc1. The first kappa shape index (κ1) is 17.6. The van der Waals surface area contributed by atoms with Gasteiger partial charge >= 0.3 is 5.97 Å². The van der Waals surface area contributed by atoms with Crippen molar-refractivity contribution in [3.8, 4) is 0 Å². The van der Waals surface area contributed by atoms with Crippen LogP contribution in [-0.4, -0.2) is 56.4 Å². The van der Waals surface area contributed by atoms with E-state index >= 15 is 0 Å². The van der Waals surface area contributed by atoms with Crippen LogP contribution in [0, 0.1) is 0 Å². The molecule has 0 amide bonds. The molecule has 1 rings (SSSR count). The van der Waals surface area contributed by atoms with Crippen molar-refractivity contribution in [2.75, 3.05) is 40.4 Å². The predicted molar refractivity (Wildman–Crippen MR) is 83.6 cm³/mol. The van der Waals surface area contributed by atoms with E-state index in [4.69, 9.17) is 9.84 Å². The third-order valence-electron chi connectivity index (χ3n) is 3.29. The Labute approximate surface area is 126 Å². The lowest BCUT2D eigenvalue weighted by atomic mass is 10.0. The summed E-state index contributed by atoms with van der Waals surface area (Å²) >= 11 is 0. The molecule has 5 heteroatoms. The molecule has 2 N–H and O–H groups in total. The van der Waals surface area contributed by atoms with Gasteiger partial charge in [0.15, 0.2) is 0 Å². The third-order valence-corrected chi connectivity index (χ3v) is 3.29. The molecule has 21 heavy (non-hydrogen) atoms. The van der Waals surface area contributed by atoms with Crippen LogP contribution in [0.5, 0.6) is 0 Å². The van der Waals surface area contributed by atoms with E-state index in [1.165, 1.54) is 0 Å². The topological polar surface area (TPSA) is 61.8 Å². The summed E-state index contributed by atoms with van der Waals surface area (Å²) in [5.74, 6) is -1.26. The van der Waals surface area contributed by atoms with E-state index in [0.717, 1.165) is 37.4 Å². The molecule has 0 aliphatic heterocycles. The lowest BCUT2D eigenvalue weighted by Crippen LogP contribution is -2.23. The quantitative estimate of drug-likeness (QED) is 0.641. The zero-order valence-electron chi connectivity index (χ0n) is 13.1. The maximum Gasteiger partial charge on any atom is 0.310 e. The molecule has 0 saturated carbocycles. The Kier molecular flexibility index (Phi) is 7.97. The largest absolute Gasteiger partial charge is 0.481 e. The van der Waals surface area contributed by atoms with E-state index in [9.17, 15) is 4.79 Å². The number of rotatable bonds is 10. The number of nitrogens with one attached hydrogen (secondary N) is 1. The highest BCUT2D eigenvalue weighted by Crippen LogP contribution is 2.15. The highest BCUT2D eigenvalue weighted by molar-refractivity contribution is 5.75. The molecule has 0 aromatic heterocycles. The molecule has 0 aliphatic rings. The molecule has 0 bridgehead atoms. The number of nitrogens with zero attached hydrogens (tertiary/aromatic N) is 1. The van der Waals surface area contributed by atoms with Crippen LogP contribution in [-0.2, 0) is 16.1 Å². The van der Waals surface area contributed by atoms with Crippen molar-refractivity contribution in [3.05, 3.63) is 35.4 Å². The second kappa shape index (κ2) is 9.50. The summed E-state index contributed by atoms with van der Waals surface area (Å²) in [5, 5.41) is 12.3. The van der Waals surface area contributed by atoms with Crippen LogP contribution >= 0.6 is 0 Å². The van der Waals surface area contributed by atoms with Gasteiger partial charge in [0, 0.05) is 19.6 Å². The average molecular weight is 294 g/mol. The Hall–Kier alpha value is -1.43. The number of hydrogen-bond acceptors (Lipinski definition) is 4. The highest BCUT2D eigenvalue weighted by atomic mass is 16.5. The molecule has 1 unspecified atom stereocenters. The van der Waals surface area contributed by atoms with E-state index in [1.54, 1.807) is 6.92 Å². The van der Waals surface area contributed by atoms with Gasteiger partial charge in [-0.3, -0.25) is 4.79 Å². The smallest absolute Gasteiger partial charge is 0.310 e. The fraction of sp³-hybridized carbons (Fsp3) is 0.562. The van der Waals surface area contributed by atoms with Gasteiger partial charge in [0.2, 0.25) is 0 Å². The Morgan fingerprint density at radius 1 is 1.29 bits per heavy atom. The third kappa shape index (κ3) is 7.22. The van der Waals surface area contributed by atoms with E-state index in [2.05, 4.69) is 10.2 Å². The highest BCUT2D eigenvalue weighted by Gasteiger charge is 2.12. The van der Waals surface area contributed by atoms with Gasteiger partial charge in [0.1, 0.15) is 0 Å². The molecular weight excluding hydrogens is 268 g/mol. The molecule has 1 aromatic rings. The first-order chi connectivity index (χ1) is 10.0. The monoisotopic (exact) mass is 294 g/mol. The van der Waals surface area contributed by atoms with Gasteiger partial charge in [-0.2, -0.15) is 0 Å². The van der Waals surface area contributed by atoms with Gasteiger partial charge in [-0.15, -0.1) is 0 Å². The maximum absolute atomic E-state index is 10.9. The maximum atomic E-state index is 10.9. The second-order valence-corrected chi connectivity index (χ2v) is 5.39. The number of benzene rings is 1. The van der Waals surface area contributed by atoms with Crippen molar-refractivity contribution in [2.24, 2.45) is 0 Å². The first-order valence-corrected chi connectivity index (χ1v) is 7.25. The number of carbonyl (C=O) groups is 1. The Bertz CT molecular complexity index is 418. The molecule has 0 heterocycles. The van der Waals surface area contributed by atoms with Crippen LogP contribution in [0.4, 0.5) is 0 Å². The molecule has 0 fully saturated rings. The van der Waals surface area contributed by atoms with Crippen LogP contribution in [0.1, 0.15) is 24.0 Å². The van der Waals surface area contributed by atoms with Gasteiger partial charge in [0.05, 0.1) is 19.1 Å². The summed E-state index contributed by atoms with van der Waals surface area (Å²) in [5.41, 5.74) is 1.97. The lowest BCUT2D eigenvalue weighted by molar-refractivity contribution is -0.138. The Balaban J connectivity index is 2.20. The molecule has 118 valence electrons. The average Bonchev–Trinajstić information content (AvgIpc) is 2.45. The number of carboxylic acid groups (broad SMARTS) is 1. The molecule has 5 nitrogen and oxygen atoms in total. The minimum absolute atomic E-state index is 0.461. The van der Waals surface area contributed by atoms with Crippen LogP contribution in [0.25, 0.3) is 0 Å². The molecular formula is C16H26N2O3. The number of likely N-dealkylation sites (N-methyl/N-ethyl adjacent to an activating group) is 1. The minimum atomic E-state index is -0.796. The van der Waals surface area contributed by atoms with Crippen LogP contribution in [0.15, 0.2) is 24.3 Å².